The number of benzene rings is 1. The van der Waals surface area contributed by atoms with Gasteiger partial charge in [-0.3, -0.25) is 10.5 Å². The summed E-state index contributed by atoms with van der Waals surface area (Å²) in [4.78, 5) is 36.4. The van der Waals surface area contributed by atoms with Gasteiger partial charge in [0, 0.05) is 6.42 Å². The van der Waals surface area contributed by atoms with Crippen molar-refractivity contribution in [3.8, 4) is 11.5 Å². The van der Waals surface area contributed by atoms with Crippen LogP contribution < -0.4 is 20.9 Å². The Hall–Kier alpha value is -2.67. The molecule has 3 rings (SSSR count). The Labute approximate surface area is 166 Å². The van der Waals surface area contributed by atoms with Gasteiger partial charge in [-0.2, -0.15) is 0 Å². The zero-order chi connectivity index (χ0) is 21.3. The van der Waals surface area contributed by atoms with Crippen molar-refractivity contribution in [1.29, 1.82) is 0 Å². The van der Waals surface area contributed by atoms with E-state index in [1.807, 2.05) is 0 Å². The van der Waals surface area contributed by atoms with Crippen molar-refractivity contribution in [3.05, 3.63) is 23.3 Å². The predicted octanol–water partition coefficient (Wildman–Crippen LogP) is -2.29. The average molecular weight is 409 g/mol. The van der Waals surface area contributed by atoms with E-state index in [1.54, 1.807) is 6.07 Å². The quantitative estimate of drug-likeness (QED) is 0.309. The number of carboxylic acid groups (broad SMARTS) is 1. The third-order valence-corrected chi connectivity index (χ3v) is 5.09. The number of nitrogens with two attached hydrogens (primary N) is 1. The second-order valence-corrected chi connectivity index (χ2v) is 7.40. The molecule has 1 atom stereocenters. The topological polar surface area (TPSA) is 187 Å². The Morgan fingerprint density at radius 1 is 1.34 bits per heavy atom. The summed E-state index contributed by atoms with van der Waals surface area (Å²) in [5.41, 5.74) is 9.06. The predicted molar refractivity (Wildman–Crippen MR) is 98.8 cm³/mol. The maximum absolute atomic E-state index is 12.1. The number of ether oxygens (including phenoxy) is 1. The molecule has 0 spiro atoms. The van der Waals surface area contributed by atoms with Gasteiger partial charge in [0.05, 0.1) is 18.8 Å². The fourth-order valence-corrected chi connectivity index (χ4v) is 3.33. The number of fused-ring (bicyclic) bond motifs is 1. The van der Waals surface area contributed by atoms with Crippen LogP contribution in [0.5, 0.6) is 11.5 Å². The summed E-state index contributed by atoms with van der Waals surface area (Å²) in [6.45, 7) is -2.59. The lowest BCUT2D eigenvalue weighted by Gasteiger charge is -2.40. The molecular formula is C17H24BN3O8. The second-order valence-electron chi connectivity index (χ2n) is 7.40. The Bertz CT molecular complexity index is 840. The third-order valence-electron chi connectivity index (χ3n) is 5.09. The number of carbonyl (C=O) groups is 3. The molecule has 1 aromatic rings. The highest BCUT2D eigenvalue weighted by Gasteiger charge is 2.36. The molecule has 2 aliphatic rings. The SMILES string of the molecule is N[C@H](CCC(=O)N1CC(Oc2ccc3c(c2C(=O)O)O[B-](O)(O)CC3)C1)C([NH3+])=O. The van der Waals surface area contributed by atoms with Crippen LogP contribution in [0, 0.1) is 0 Å². The third kappa shape index (κ3) is 4.67. The number of amides is 2. The molecule has 2 amide bonds. The molecule has 0 aromatic heterocycles. The lowest BCUT2D eigenvalue weighted by molar-refractivity contribution is -0.307. The molecule has 12 heteroatoms. The molecule has 0 unspecified atom stereocenters. The molecule has 11 nitrogen and oxygen atoms in total. The number of quaternary nitrogens is 1. The molecule has 29 heavy (non-hydrogen) atoms. The molecular weight excluding hydrogens is 385 g/mol. The summed E-state index contributed by atoms with van der Waals surface area (Å²) < 4.78 is 10.8. The fraction of sp³-hybridized carbons (Fsp3) is 0.471. The maximum Gasteiger partial charge on any atom is 0.430 e. The molecule has 2 heterocycles. The zero-order valence-electron chi connectivity index (χ0n) is 15.7. The van der Waals surface area contributed by atoms with E-state index in [1.165, 1.54) is 11.0 Å². The Balaban J connectivity index is 1.63. The molecule has 0 aliphatic carbocycles. The molecule has 8 N–H and O–H groups in total. The van der Waals surface area contributed by atoms with Gasteiger partial charge in [-0.1, -0.05) is 12.4 Å². The van der Waals surface area contributed by atoms with Gasteiger partial charge in [0.1, 0.15) is 23.5 Å². The number of hydrogen-bond acceptors (Lipinski definition) is 8. The second kappa shape index (κ2) is 7.99. The van der Waals surface area contributed by atoms with Gasteiger partial charge < -0.3 is 35.2 Å². The number of carboxylic acids is 1. The first-order valence-electron chi connectivity index (χ1n) is 9.31. The van der Waals surface area contributed by atoms with Crippen molar-refractivity contribution in [1.82, 2.24) is 4.90 Å². The normalized spacial score (nSPS) is 18.8. The van der Waals surface area contributed by atoms with Crippen molar-refractivity contribution in [3.63, 3.8) is 0 Å². The van der Waals surface area contributed by atoms with Gasteiger partial charge in [-0.05, 0) is 24.5 Å². The van der Waals surface area contributed by atoms with Gasteiger partial charge in [-0.25, -0.2) is 9.59 Å². The van der Waals surface area contributed by atoms with Gasteiger partial charge in [0.25, 0.3) is 0 Å². The average Bonchev–Trinajstić information content (AvgIpc) is 2.60. The largest absolute Gasteiger partial charge is 0.669 e. The minimum absolute atomic E-state index is 0.0185. The van der Waals surface area contributed by atoms with E-state index in [0.29, 0.717) is 5.56 Å². The van der Waals surface area contributed by atoms with Crippen LogP contribution in [-0.2, 0) is 16.0 Å². The number of nitrogens with zero attached hydrogens (tertiary/aromatic N) is 1. The summed E-state index contributed by atoms with van der Waals surface area (Å²) in [6, 6.07) is 2.36. The molecule has 158 valence electrons. The van der Waals surface area contributed by atoms with E-state index in [4.69, 9.17) is 15.1 Å². The smallest absolute Gasteiger partial charge is 0.430 e. The first-order valence-corrected chi connectivity index (χ1v) is 9.31. The first kappa shape index (κ1) is 21.1. The van der Waals surface area contributed by atoms with Crippen LogP contribution in [0.3, 0.4) is 0 Å². The summed E-state index contributed by atoms with van der Waals surface area (Å²) in [7, 11) is 0. The van der Waals surface area contributed by atoms with Crippen molar-refractivity contribution in [2.75, 3.05) is 13.1 Å². The highest BCUT2D eigenvalue weighted by Crippen LogP contribution is 2.38. The van der Waals surface area contributed by atoms with Crippen LogP contribution in [-0.4, -0.2) is 69.8 Å². The van der Waals surface area contributed by atoms with E-state index in [9.17, 15) is 29.5 Å². The van der Waals surface area contributed by atoms with Crippen molar-refractivity contribution >= 4 is 24.5 Å². The lowest BCUT2D eigenvalue weighted by atomic mass is 9.70. The zero-order valence-corrected chi connectivity index (χ0v) is 15.7. The van der Waals surface area contributed by atoms with E-state index in [2.05, 4.69) is 5.73 Å². The maximum atomic E-state index is 12.1. The summed E-state index contributed by atoms with van der Waals surface area (Å²) in [5, 5.41) is 29.1. The molecule has 1 aromatic carbocycles. The fourth-order valence-electron chi connectivity index (χ4n) is 3.33. The number of rotatable bonds is 7. The lowest BCUT2D eigenvalue weighted by Crippen LogP contribution is -2.64. The van der Waals surface area contributed by atoms with E-state index < -0.39 is 30.8 Å². The van der Waals surface area contributed by atoms with Crippen LogP contribution in [0.1, 0.15) is 28.8 Å². The van der Waals surface area contributed by atoms with Gasteiger partial charge in [-0.15, -0.1) is 0 Å². The summed E-state index contributed by atoms with van der Waals surface area (Å²) in [6.07, 6.45) is 0.155. The highest BCUT2D eigenvalue weighted by atomic mass is 16.6. The van der Waals surface area contributed by atoms with E-state index in [0.717, 1.165) is 0 Å². The summed E-state index contributed by atoms with van der Waals surface area (Å²) in [5.74, 6) is -1.99. The van der Waals surface area contributed by atoms with Crippen LogP contribution in [0.4, 0.5) is 0 Å². The molecule has 1 fully saturated rings. The van der Waals surface area contributed by atoms with Crippen molar-refractivity contribution in [2.24, 2.45) is 5.73 Å². The monoisotopic (exact) mass is 409 g/mol. The summed E-state index contributed by atoms with van der Waals surface area (Å²) >= 11 is 0. The van der Waals surface area contributed by atoms with Crippen LogP contribution in [0.25, 0.3) is 0 Å². The number of hydrogen-bond donors (Lipinski definition) is 5. The van der Waals surface area contributed by atoms with E-state index >= 15 is 0 Å². The molecule has 0 bridgehead atoms. The van der Waals surface area contributed by atoms with Gasteiger partial charge in [0.2, 0.25) is 5.91 Å². The first-order chi connectivity index (χ1) is 13.6. The van der Waals surface area contributed by atoms with Crippen LogP contribution in [0.2, 0.25) is 6.32 Å². The van der Waals surface area contributed by atoms with Gasteiger partial charge in [0.15, 0.2) is 0 Å². The number of carbonyl (C=O) groups excluding carboxylic acids is 2. The number of aromatic carboxylic acids is 1. The van der Waals surface area contributed by atoms with Crippen LogP contribution in [0.15, 0.2) is 12.1 Å². The highest BCUT2D eigenvalue weighted by molar-refractivity contribution is 6.59. The minimum atomic E-state index is -3.11. The van der Waals surface area contributed by atoms with Crippen molar-refractivity contribution in [2.45, 2.75) is 37.7 Å². The minimum Gasteiger partial charge on any atom is -0.669 e. The Morgan fingerprint density at radius 2 is 2.03 bits per heavy atom. The number of likely N-dealkylation sites (tertiary alicyclic amines) is 1. The Morgan fingerprint density at radius 3 is 2.66 bits per heavy atom. The molecule has 0 saturated carbocycles. The molecule has 2 aliphatic heterocycles. The van der Waals surface area contributed by atoms with Gasteiger partial charge >= 0.3 is 18.6 Å². The van der Waals surface area contributed by atoms with Crippen LogP contribution >= 0.6 is 0 Å². The van der Waals surface area contributed by atoms with Crippen molar-refractivity contribution < 1.29 is 44.7 Å². The Kier molecular flexibility index (Phi) is 5.80. The standard InChI is InChI=1S/C17H23BN3O8/c19-11(16(20)23)2-4-13(22)21-7-10(8-21)28-12-3-1-9-5-6-18(26,27)29-15(9)14(12)17(24)25/h1,3,10-11,26-27H,2,4-8,19H2,(H2,20,23)(H,24,25)/q-1/p+1/t11-/m1/s1. The molecule has 1 saturated heterocycles. The number of aryl methyl sites for hydroxylation is 1. The van der Waals surface area contributed by atoms with E-state index in [-0.39, 0.29) is 61.6 Å². The molecule has 0 radical (unpaired) electrons.